The number of nitrogens with zero attached hydrogens (tertiary/aromatic N) is 1. The second-order valence-corrected chi connectivity index (χ2v) is 6.28. The molecule has 1 amide bonds. The fraction of sp³-hybridized carbons (Fsp3) is 0.350. The van der Waals surface area contributed by atoms with Gasteiger partial charge < -0.3 is 5.32 Å². The Kier molecular flexibility index (Phi) is 5.09. The van der Waals surface area contributed by atoms with Crippen molar-refractivity contribution in [3.05, 3.63) is 54.6 Å². The number of nitrogens with one attached hydrogen (secondary N) is 1. The zero-order valence-corrected chi connectivity index (χ0v) is 13.7. The van der Waals surface area contributed by atoms with Gasteiger partial charge in [0.15, 0.2) is 0 Å². The van der Waals surface area contributed by atoms with Crippen LogP contribution < -0.4 is 5.32 Å². The van der Waals surface area contributed by atoms with Crippen LogP contribution in [0.3, 0.4) is 0 Å². The molecule has 3 nitrogen and oxygen atoms in total. The number of rotatable bonds is 4. The zero-order valence-electron chi connectivity index (χ0n) is 13.7. The molecule has 0 spiro atoms. The Hall–Kier alpha value is -2.13. The highest BCUT2D eigenvalue weighted by molar-refractivity contribution is 5.96. The average Bonchev–Trinajstić information content (AvgIpc) is 2.58. The Morgan fingerprint density at radius 1 is 1.09 bits per heavy atom. The Bertz CT molecular complexity index is 654. The number of hydrogen-bond donors (Lipinski definition) is 1. The Labute approximate surface area is 138 Å². The minimum absolute atomic E-state index is 0.0714. The molecule has 0 saturated carbocycles. The van der Waals surface area contributed by atoms with Gasteiger partial charge in [-0.25, -0.2) is 0 Å². The first-order valence-corrected chi connectivity index (χ1v) is 8.42. The van der Waals surface area contributed by atoms with E-state index in [2.05, 4.69) is 35.3 Å². The van der Waals surface area contributed by atoms with Crippen molar-refractivity contribution < 1.29 is 4.79 Å². The van der Waals surface area contributed by atoms with Crippen molar-refractivity contribution in [1.82, 2.24) is 4.90 Å². The Morgan fingerprint density at radius 2 is 1.83 bits per heavy atom. The molecule has 1 atom stereocenters. The van der Waals surface area contributed by atoms with E-state index in [1.165, 1.54) is 19.3 Å². The van der Waals surface area contributed by atoms with Crippen LogP contribution in [0.1, 0.15) is 26.2 Å². The van der Waals surface area contributed by atoms with Crippen LogP contribution in [0.5, 0.6) is 0 Å². The maximum atomic E-state index is 12.5. The smallest absolute Gasteiger partial charge is 0.238 e. The third kappa shape index (κ3) is 3.99. The molecular formula is C20H24N2O. The summed E-state index contributed by atoms with van der Waals surface area (Å²) < 4.78 is 0. The van der Waals surface area contributed by atoms with E-state index in [-0.39, 0.29) is 5.91 Å². The quantitative estimate of drug-likeness (QED) is 0.919. The molecule has 23 heavy (non-hydrogen) atoms. The summed E-state index contributed by atoms with van der Waals surface area (Å²) in [5.74, 6) is 0.0714. The van der Waals surface area contributed by atoms with E-state index in [1.807, 2.05) is 36.4 Å². The zero-order chi connectivity index (χ0) is 16.1. The average molecular weight is 308 g/mol. The molecule has 1 N–H and O–H groups in total. The van der Waals surface area contributed by atoms with Crippen LogP contribution in [0.4, 0.5) is 5.69 Å². The van der Waals surface area contributed by atoms with Gasteiger partial charge in [-0.1, -0.05) is 55.0 Å². The highest BCUT2D eigenvalue weighted by Gasteiger charge is 2.20. The molecule has 0 bridgehead atoms. The monoisotopic (exact) mass is 308 g/mol. The highest BCUT2D eigenvalue weighted by Crippen LogP contribution is 2.27. The number of piperidine rings is 1. The molecule has 0 aromatic heterocycles. The first kappa shape index (κ1) is 15.8. The van der Waals surface area contributed by atoms with E-state index in [4.69, 9.17) is 0 Å². The molecule has 1 aliphatic heterocycles. The number of benzene rings is 2. The van der Waals surface area contributed by atoms with E-state index >= 15 is 0 Å². The number of carbonyl (C=O) groups excluding carboxylic acids is 1. The van der Waals surface area contributed by atoms with Crippen LogP contribution in [-0.2, 0) is 4.79 Å². The summed E-state index contributed by atoms with van der Waals surface area (Å²) in [5, 5.41) is 3.10. The van der Waals surface area contributed by atoms with E-state index in [9.17, 15) is 4.79 Å². The third-order valence-corrected chi connectivity index (χ3v) is 4.57. The summed E-state index contributed by atoms with van der Waals surface area (Å²) in [6.45, 7) is 3.71. The third-order valence-electron chi connectivity index (χ3n) is 4.57. The fourth-order valence-corrected chi connectivity index (χ4v) is 3.23. The molecule has 2 aromatic rings. The first-order valence-electron chi connectivity index (χ1n) is 8.42. The van der Waals surface area contributed by atoms with E-state index in [0.29, 0.717) is 12.6 Å². The lowest BCUT2D eigenvalue weighted by Gasteiger charge is -2.32. The standard InChI is InChI=1S/C20H24N2O/c1-16-9-7-8-14-22(16)15-20(23)21-19-13-6-5-12-18(19)17-10-3-2-4-11-17/h2-6,10-13,16H,7-9,14-15H2,1H3,(H,21,23). The molecule has 3 rings (SSSR count). The maximum Gasteiger partial charge on any atom is 0.238 e. The van der Waals surface area contributed by atoms with Gasteiger partial charge in [-0.15, -0.1) is 0 Å². The van der Waals surface area contributed by atoms with Crippen molar-refractivity contribution in [3.8, 4) is 11.1 Å². The second-order valence-electron chi connectivity index (χ2n) is 6.28. The van der Waals surface area contributed by atoms with Gasteiger partial charge in [0, 0.05) is 17.3 Å². The molecule has 2 aromatic carbocycles. The summed E-state index contributed by atoms with van der Waals surface area (Å²) in [4.78, 5) is 14.7. The van der Waals surface area contributed by atoms with Gasteiger partial charge in [-0.3, -0.25) is 9.69 Å². The molecule has 1 saturated heterocycles. The molecule has 1 heterocycles. The van der Waals surface area contributed by atoms with Crippen molar-refractivity contribution in [2.75, 3.05) is 18.4 Å². The summed E-state index contributed by atoms with van der Waals surface area (Å²) in [6.07, 6.45) is 3.65. The summed E-state index contributed by atoms with van der Waals surface area (Å²) in [5.41, 5.74) is 3.07. The lowest BCUT2D eigenvalue weighted by Crippen LogP contribution is -2.42. The second kappa shape index (κ2) is 7.42. The van der Waals surface area contributed by atoms with Gasteiger partial charge in [0.1, 0.15) is 0 Å². The first-order chi connectivity index (χ1) is 11.2. The number of carbonyl (C=O) groups is 1. The van der Waals surface area contributed by atoms with Crippen LogP contribution in [0.15, 0.2) is 54.6 Å². The molecule has 3 heteroatoms. The Balaban J connectivity index is 1.72. The van der Waals surface area contributed by atoms with Gasteiger partial charge in [0.2, 0.25) is 5.91 Å². The van der Waals surface area contributed by atoms with Crippen LogP contribution in [0.25, 0.3) is 11.1 Å². The maximum absolute atomic E-state index is 12.5. The normalized spacial score (nSPS) is 18.6. The van der Waals surface area contributed by atoms with Crippen LogP contribution >= 0.6 is 0 Å². The number of amides is 1. The summed E-state index contributed by atoms with van der Waals surface area (Å²) in [7, 11) is 0. The van der Waals surface area contributed by atoms with Crippen molar-refractivity contribution in [2.45, 2.75) is 32.2 Å². The number of hydrogen-bond acceptors (Lipinski definition) is 2. The lowest BCUT2D eigenvalue weighted by atomic mass is 10.0. The van der Waals surface area contributed by atoms with Gasteiger partial charge in [0.25, 0.3) is 0 Å². The van der Waals surface area contributed by atoms with E-state index in [1.54, 1.807) is 0 Å². The summed E-state index contributed by atoms with van der Waals surface area (Å²) >= 11 is 0. The highest BCUT2D eigenvalue weighted by atomic mass is 16.2. The number of likely N-dealkylation sites (tertiary alicyclic amines) is 1. The van der Waals surface area contributed by atoms with Crippen molar-refractivity contribution in [3.63, 3.8) is 0 Å². The molecule has 1 unspecified atom stereocenters. The van der Waals surface area contributed by atoms with E-state index < -0.39 is 0 Å². The van der Waals surface area contributed by atoms with Gasteiger partial charge in [0.05, 0.1) is 6.54 Å². The van der Waals surface area contributed by atoms with Crippen molar-refractivity contribution in [2.24, 2.45) is 0 Å². The molecular weight excluding hydrogens is 284 g/mol. The molecule has 1 fully saturated rings. The topological polar surface area (TPSA) is 32.3 Å². The molecule has 120 valence electrons. The van der Waals surface area contributed by atoms with E-state index in [0.717, 1.165) is 23.4 Å². The minimum atomic E-state index is 0.0714. The van der Waals surface area contributed by atoms with Gasteiger partial charge in [-0.05, 0) is 37.9 Å². The predicted octanol–water partition coefficient (Wildman–Crippen LogP) is 4.17. The largest absolute Gasteiger partial charge is 0.324 e. The van der Waals surface area contributed by atoms with Crippen molar-refractivity contribution >= 4 is 11.6 Å². The SMILES string of the molecule is CC1CCCCN1CC(=O)Nc1ccccc1-c1ccccc1. The molecule has 0 aliphatic carbocycles. The fourth-order valence-electron chi connectivity index (χ4n) is 3.23. The summed E-state index contributed by atoms with van der Waals surface area (Å²) in [6, 6.07) is 18.7. The minimum Gasteiger partial charge on any atom is -0.324 e. The molecule has 1 aliphatic rings. The molecule has 0 radical (unpaired) electrons. The van der Waals surface area contributed by atoms with Gasteiger partial charge >= 0.3 is 0 Å². The Morgan fingerprint density at radius 3 is 2.61 bits per heavy atom. The van der Waals surface area contributed by atoms with Crippen LogP contribution in [0.2, 0.25) is 0 Å². The lowest BCUT2D eigenvalue weighted by molar-refractivity contribution is -0.118. The van der Waals surface area contributed by atoms with Crippen LogP contribution in [0, 0.1) is 0 Å². The predicted molar refractivity (Wildman–Crippen MR) is 95.4 cm³/mol. The number of para-hydroxylation sites is 1. The van der Waals surface area contributed by atoms with Crippen LogP contribution in [-0.4, -0.2) is 29.9 Å². The van der Waals surface area contributed by atoms with Gasteiger partial charge in [-0.2, -0.15) is 0 Å². The number of anilines is 1. The van der Waals surface area contributed by atoms with Crippen molar-refractivity contribution in [1.29, 1.82) is 0 Å².